The van der Waals surface area contributed by atoms with E-state index >= 15 is 0 Å². The van der Waals surface area contributed by atoms with Gasteiger partial charge < -0.3 is 29.8 Å². The highest BCUT2D eigenvalue weighted by Gasteiger charge is 2.59. The Labute approximate surface area is 181 Å². The first-order valence-electron chi connectivity index (χ1n) is 9.21. The van der Waals surface area contributed by atoms with Crippen LogP contribution in [0.2, 0.25) is 0 Å². The third kappa shape index (κ3) is 4.59. The Bertz CT molecular complexity index is 929. The number of fused-ring (bicyclic) bond motifs is 1. The van der Waals surface area contributed by atoms with Gasteiger partial charge in [-0.05, 0) is 38.1 Å². The van der Waals surface area contributed by atoms with Crippen molar-refractivity contribution in [2.75, 3.05) is 13.4 Å². The molecule has 3 atom stereocenters. The lowest BCUT2D eigenvalue weighted by molar-refractivity contribution is -0.162. The highest BCUT2D eigenvalue weighted by Crippen LogP contribution is 2.50. The van der Waals surface area contributed by atoms with Crippen molar-refractivity contribution in [1.82, 2.24) is 4.90 Å². The fourth-order valence-corrected chi connectivity index (χ4v) is 4.43. The molecule has 2 aliphatic heterocycles. The molecule has 1 fully saturated rings. The van der Waals surface area contributed by atoms with Crippen molar-refractivity contribution in [3.8, 4) is 5.75 Å². The molecule has 0 aliphatic carbocycles. The van der Waals surface area contributed by atoms with Gasteiger partial charge in [-0.15, -0.1) is 0 Å². The van der Waals surface area contributed by atoms with Gasteiger partial charge in [0.25, 0.3) is 0 Å². The quantitative estimate of drug-likeness (QED) is 0.330. The van der Waals surface area contributed by atoms with Crippen molar-refractivity contribution < 1.29 is 43.2 Å². The summed E-state index contributed by atoms with van der Waals surface area (Å²) >= 11 is 1.07. The zero-order valence-corrected chi connectivity index (χ0v) is 17.4. The van der Waals surface area contributed by atoms with Crippen LogP contribution in [-0.4, -0.2) is 58.8 Å². The van der Waals surface area contributed by atoms with Gasteiger partial charge in [0.15, 0.2) is 10.8 Å². The van der Waals surface area contributed by atoms with Gasteiger partial charge in [-0.1, -0.05) is 11.8 Å². The largest absolute Gasteiger partial charge is 0.511 e. The standard InChI is InChI=1S/C19H20N2O9S/c1-3-27-19(26)29-8-28-17(25)13-18(30-11-6-4-10(5-7-11)14(20)23)31-16-12(9(2)22)15(24)21(13)16/h4-7,9,12,16,22H,3,8H2,1-2H3,(H2,20,23)/t9-,12+,16-/m1/s1. The van der Waals surface area contributed by atoms with Gasteiger partial charge >= 0.3 is 12.1 Å². The van der Waals surface area contributed by atoms with Gasteiger partial charge in [-0.2, -0.15) is 0 Å². The topological polar surface area (TPSA) is 155 Å². The van der Waals surface area contributed by atoms with Crippen LogP contribution in [0, 0.1) is 5.92 Å². The molecule has 2 heterocycles. The fraction of sp³-hybridized carbons (Fsp3) is 0.368. The van der Waals surface area contributed by atoms with Gasteiger partial charge in [-0.25, -0.2) is 9.59 Å². The number of amides is 2. The lowest BCUT2D eigenvalue weighted by Crippen LogP contribution is -2.60. The van der Waals surface area contributed by atoms with Gasteiger partial charge in [0.1, 0.15) is 11.1 Å². The SMILES string of the molecule is CCOC(=O)OCOC(=O)C1=C(Oc2ccc(C(N)=O)cc2)S[C@@H]2[C@@H]([C@@H](C)O)C(=O)N12. The molecule has 166 valence electrons. The number of β-lactam (4-membered cyclic amide) rings is 1. The molecule has 3 N–H and O–H groups in total. The number of rotatable bonds is 8. The molecule has 31 heavy (non-hydrogen) atoms. The number of thioether (sulfide) groups is 1. The number of nitrogens with zero attached hydrogens (tertiary/aromatic N) is 1. The third-order valence-corrected chi connectivity index (χ3v) is 5.67. The number of benzene rings is 1. The summed E-state index contributed by atoms with van der Waals surface area (Å²) in [7, 11) is 0. The highest BCUT2D eigenvalue weighted by molar-refractivity contribution is 8.03. The smallest absolute Gasteiger partial charge is 0.448 e. The fourth-order valence-electron chi connectivity index (χ4n) is 2.97. The Kier molecular flexibility index (Phi) is 6.71. The van der Waals surface area contributed by atoms with E-state index in [2.05, 4.69) is 9.47 Å². The van der Waals surface area contributed by atoms with E-state index < -0.39 is 48.1 Å². The number of carbonyl (C=O) groups is 4. The van der Waals surface area contributed by atoms with E-state index in [4.69, 9.17) is 15.2 Å². The van der Waals surface area contributed by atoms with Crippen LogP contribution in [-0.2, 0) is 23.8 Å². The van der Waals surface area contributed by atoms with Crippen molar-refractivity contribution in [3.05, 3.63) is 40.6 Å². The lowest BCUT2D eigenvalue weighted by Gasteiger charge is -2.43. The molecule has 12 heteroatoms. The molecule has 0 aromatic heterocycles. The summed E-state index contributed by atoms with van der Waals surface area (Å²) in [6.07, 6.45) is -1.94. The summed E-state index contributed by atoms with van der Waals surface area (Å²) in [6, 6.07) is 5.84. The Hall–Kier alpha value is -3.25. The van der Waals surface area contributed by atoms with Crippen molar-refractivity contribution in [3.63, 3.8) is 0 Å². The average Bonchev–Trinajstić information content (AvgIpc) is 3.02. The summed E-state index contributed by atoms with van der Waals surface area (Å²) < 4.78 is 19.8. The molecule has 1 saturated heterocycles. The second kappa shape index (κ2) is 9.27. The average molecular weight is 452 g/mol. The van der Waals surface area contributed by atoms with Gasteiger partial charge in [0.05, 0.1) is 18.6 Å². The maximum absolute atomic E-state index is 12.6. The molecule has 0 spiro atoms. The molecular weight excluding hydrogens is 432 g/mol. The minimum atomic E-state index is -1.01. The van der Waals surface area contributed by atoms with Gasteiger partial charge in [-0.3, -0.25) is 14.5 Å². The predicted octanol–water partition coefficient (Wildman–Crippen LogP) is 0.919. The molecular formula is C19H20N2O9S. The van der Waals surface area contributed by atoms with Crippen LogP contribution in [0.25, 0.3) is 0 Å². The molecule has 11 nitrogen and oxygen atoms in total. The van der Waals surface area contributed by atoms with E-state index in [0.717, 1.165) is 11.8 Å². The van der Waals surface area contributed by atoms with Gasteiger partial charge in [0, 0.05) is 5.56 Å². The Morgan fingerprint density at radius 3 is 2.45 bits per heavy atom. The molecule has 0 radical (unpaired) electrons. The van der Waals surface area contributed by atoms with E-state index in [0.29, 0.717) is 0 Å². The van der Waals surface area contributed by atoms with Crippen LogP contribution >= 0.6 is 11.8 Å². The monoisotopic (exact) mass is 452 g/mol. The van der Waals surface area contributed by atoms with E-state index in [-0.39, 0.29) is 28.7 Å². The maximum atomic E-state index is 12.6. The van der Waals surface area contributed by atoms with Crippen molar-refractivity contribution in [2.45, 2.75) is 25.3 Å². The molecule has 1 aromatic rings. The molecule has 0 bridgehead atoms. The summed E-state index contributed by atoms with van der Waals surface area (Å²) in [5.74, 6) is -2.47. The summed E-state index contributed by atoms with van der Waals surface area (Å²) in [5.41, 5.74) is 5.30. The zero-order chi connectivity index (χ0) is 22.7. The number of aliphatic hydroxyl groups excluding tert-OH is 1. The molecule has 0 unspecified atom stereocenters. The van der Waals surface area contributed by atoms with E-state index in [1.807, 2.05) is 0 Å². The number of primary amides is 1. The van der Waals surface area contributed by atoms with Crippen LogP contribution in [0.15, 0.2) is 35.1 Å². The number of hydrogen-bond acceptors (Lipinski definition) is 10. The number of esters is 1. The van der Waals surface area contributed by atoms with Crippen molar-refractivity contribution >= 4 is 35.7 Å². The normalized spacial score (nSPS) is 20.5. The minimum Gasteiger partial charge on any atom is -0.448 e. The molecule has 3 rings (SSSR count). The second-order valence-corrected chi connectivity index (χ2v) is 7.58. The summed E-state index contributed by atoms with van der Waals surface area (Å²) in [4.78, 5) is 48.7. The maximum Gasteiger partial charge on any atom is 0.511 e. The molecule has 2 amide bonds. The van der Waals surface area contributed by atoms with Crippen molar-refractivity contribution in [2.24, 2.45) is 11.7 Å². The number of nitrogens with two attached hydrogens (primary N) is 1. The number of ether oxygens (including phenoxy) is 4. The van der Waals surface area contributed by atoms with Crippen LogP contribution < -0.4 is 10.5 Å². The molecule has 0 saturated carbocycles. The lowest BCUT2D eigenvalue weighted by atomic mass is 9.92. The molecule has 1 aromatic carbocycles. The van der Waals surface area contributed by atoms with Crippen LogP contribution in [0.4, 0.5) is 4.79 Å². The highest BCUT2D eigenvalue weighted by atomic mass is 32.2. The Balaban J connectivity index is 1.78. The number of carbonyl (C=O) groups excluding carboxylic acids is 4. The Morgan fingerprint density at radius 2 is 1.87 bits per heavy atom. The second-order valence-electron chi connectivity index (χ2n) is 6.49. The van der Waals surface area contributed by atoms with E-state index in [9.17, 15) is 24.3 Å². The van der Waals surface area contributed by atoms with Crippen LogP contribution in [0.5, 0.6) is 5.75 Å². The van der Waals surface area contributed by atoms with Crippen LogP contribution in [0.3, 0.4) is 0 Å². The minimum absolute atomic E-state index is 0.0643. The van der Waals surface area contributed by atoms with Gasteiger partial charge in [0.2, 0.25) is 18.6 Å². The summed E-state index contributed by atoms with van der Waals surface area (Å²) in [5, 5.41) is 9.38. The number of aliphatic hydroxyl groups is 1. The van der Waals surface area contributed by atoms with E-state index in [1.165, 1.54) is 36.1 Å². The zero-order valence-electron chi connectivity index (χ0n) is 16.6. The first-order valence-corrected chi connectivity index (χ1v) is 10.1. The first-order chi connectivity index (χ1) is 14.7. The van der Waals surface area contributed by atoms with Crippen LogP contribution in [0.1, 0.15) is 24.2 Å². The first kappa shape index (κ1) is 22.4. The molecule has 2 aliphatic rings. The summed E-state index contributed by atoms with van der Waals surface area (Å²) in [6.45, 7) is 2.43. The Morgan fingerprint density at radius 1 is 1.19 bits per heavy atom. The van der Waals surface area contributed by atoms with Crippen molar-refractivity contribution in [1.29, 1.82) is 0 Å². The van der Waals surface area contributed by atoms with E-state index in [1.54, 1.807) is 6.92 Å². The number of hydrogen-bond donors (Lipinski definition) is 2. The predicted molar refractivity (Wildman–Crippen MR) is 105 cm³/mol. The third-order valence-electron chi connectivity index (χ3n) is 4.44.